The Hall–Kier alpha value is -2.50. The number of guanidine groups is 1. The van der Waals surface area contributed by atoms with Crippen molar-refractivity contribution in [2.75, 3.05) is 26.0 Å². The van der Waals surface area contributed by atoms with Gasteiger partial charge < -0.3 is 15.5 Å². The van der Waals surface area contributed by atoms with Crippen LogP contribution in [0.3, 0.4) is 0 Å². The molecule has 130 valence electrons. The summed E-state index contributed by atoms with van der Waals surface area (Å²) in [4.78, 5) is 6.38. The smallest absolute Gasteiger partial charge is 0.191 e. The molecule has 0 radical (unpaired) electrons. The zero-order valence-electron chi connectivity index (χ0n) is 15.5. The number of anilines is 1. The minimum atomic E-state index is 0.713. The lowest BCUT2D eigenvalue weighted by Crippen LogP contribution is -2.36. The van der Waals surface area contributed by atoms with Crippen molar-refractivity contribution in [3.63, 3.8) is 0 Å². The molecule has 0 aliphatic rings. The van der Waals surface area contributed by atoms with Crippen LogP contribution >= 0.6 is 0 Å². The molecule has 2 N–H and O–H groups in total. The van der Waals surface area contributed by atoms with Gasteiger partial charge in [-0.2, -0.15) is 5.10 Å². The van der Waals surface area contributed by atoms with Crippen LogP contribution in [0.25, 0.3) is 0 Å². The predicted molar refractivity (Wildman–Crippen MR) is 100 cm³/mol. The Kier molecular flexibility index (Phi) is 5.84. The van der Waals surface area contributed by atoms with Gasteiger partial charge in [-0.25, -0.2) is 0 Å². The third-order valence-corrected chi connectivity index (χ3v) is 4.23. The maximum absolute atomic E-state index is 4.44. The summed E-state index contributed by atoms with van der Waals surface area (Å²) >= 11 is 0. The molecule has 1 heterocycles. The first-order chi connectivity index (χ1) is 11.4. The number of aliphatic imine (C=N–C) groups is 1. The van der Waals surface area contributed by atoms with Crippen LogP contribution in [0.2, 0.25) is 0 Å². The lowest BCUT2D eigenvalue weighted by molar-refractivity contribution is 0.728. The highest BCUT2D eigenvalue weighted by Gasteiger charge is 2.09. The van der Waals surface area contributed by atoms with E-state index >= 15 is 0 Å². The Morgan fingerprint density at radius 3 is 2.25 bits per heavy atom. The number of aromatic nitrogens is 2. The fraction of sp³-hybridized carbons (Fsp3) is 0.444. The van der Waals surface area contributed by atoms with Crippen LogP contribution in [0.4, 0.5) is 5.69 Å². The van der Waals surface area contributed by atoms with E-state index in [1.54, 1.807) is 7.05 Å². The van der Waals surface area contributed by atoms with E-state index in [1.165, 1.54) is 22.5 Å². The summed E-state index contributed by atoms with van der Waals surface area (Å²) in [6.45, 7) is 5.56. The minimum absolute atomic E-state index is 0.713. The molecule has 2 aromatic rings. The molecule has 0 saturated carbocycles. The first-order valence-electron chi connectivity index (χ1n) is 8.12. The van der Waals surface area contributed by atoms with Crippen LogP contribution in [-0.4, -0.2) is 36.9 Å². The SMILES string of the molecule is CN=C(NCc1ccc(N(C)C)cc1)NCc1c(C)nn(C)c1C. The van der Waals surface area contributed by atoms with Crippen molar-refractivity contribution in [2.45, 2.75) is 26.9 Å². The largest absolute Gasteiger partial charge is 0.378 e. The second-order valence-electron chi connectivity index (χ2n) is 6.11. The summed E-state index contributed by atoms with van der Waals surface area (Å²) in [5.41, 5.74) is 5.86. The molecule has 0 bridgehead atoms. The molecule has 24 heavy (non-hydrogen) atoms. The Morgan fingerprint density at radius 2 is 1.75 bits per heavy atom. The lowest BCUT2D eigenvalue weighted by atomic mass is 10.2. The van der Waals surface area contributed by atoms with E-state index in [-0.39, 0.29) is 0 Å². The summed E-state index contributed by atoms with van der Waals surface area (Å²) in [7, 11) is 7.84. The quantitative estimate of drug-likeness (QED) is 0.651. The zero-order chi connectivity index (χ0) is 17.7. The fourth-order valence-electron chi connectivity index (χ4n) is 2.56. The molecule has 6 heteroatoms. The molecule has 1 aromatic carbocycles. The highest BCUT2D eigenvalue weighted by molar-refractivity contribution is 5.79. The molecule has 6 nitrogen and oxygen atoms in total. The maximum atomic E-state index is 4.44. The summed E-state index contributed by atoms with van der Waals surface area (Å²) in [6.07, 6.45) is 0. The maximum Gasteiger partial charge on any atom is 0.191 e. The molecule has 0 amide bonds. The molecule has 0 aliphatic heterocycles. The van der Waals surface area contributed by atoms with E-state index < -0.39 is 0 Å². The van der Waals surface area contributed by atoms with Gasteiger partial charge in [0, 0.05) is 58.2 Å². The number of nitrogens with one attached hydrogen (secondary N) is 2. The van der Waals surface area contributed by atoms with Crippen molar-refractivity contribution < 1.29 is 0 Å². The van der Waals surface area contributed by atoms with E-state index in [0.29, 0.717) is 6.54 Å². The van der Waals surface area contributed by atoms with Crippen molar-refractivity contribution in [1.29, 1.82) is 0 Å². The number of hydrogen-bond donors (Lipinski definition) is 2. The number of nitrogens with zero attached hydrogens (tertiary/aromatic N) is 4. The van der Waals surface area contributed by atoms with Crippen LogP contribution in [0.15, 0.2) is 29.3 Å². The molecular weight excluding hydrogens is 300 g/mol. The summed E-state index contributed by atoms with van der Waals surface area (Å²) in [5, 5.41) is 11.1. The monoisotopic (exact) mass is 328 g/mol. The van der Waals surface area contributed by atoms with Gasteiger partial charge in [-0.3, -0.25) is 9.67 Å². The Balaban J connectivity index is 1.90. The zero-order valence-corrected chi connectivity index (χ0v) is 15.5. The third kappa shape index (κ3) is 4.28. The number of aryl methyl sites for hydroxylation is 2. The number of rotatable bonds is 5. The Bertz CT molecular complexity index is 697. The van der Waals surface area contributed by atoms with E-state index in [2.05, 4.69) is 56.8 Å². The molecule has 0 unspecified atom stereocenters. The Labute approximate surface area is 144 Å². The van der Waals surface area contributed by atoms with Crippen LogP contribution in [0, 0.1) is 13.8 Å². The van der Waals surface area contributed by atoms with Crippen molar-refractivity contribution >= 4 is 11.6 Å². The van der Waals surface area contributed by atoms with E-state index in [9.17, 15) is 0 Å². The fourth-order valence-corrected chi connectivity index (χ4v) is 2.56. The van der Waals surface area contributed by atoms with Gasteiger partial charge in [0.05, 0.1) is 5.69 Å². The van der Waals surface area contributed by atoms with Gasteiger partial charge in [0.2, 0.25) is 0 Å². The third-order valence-electron chi connectivity index (χ3n) is 4.23. The van der Waals surface area contributed by atoms with Gasteiger partial charge in [-0.05, 0) is 31.5 Å². The van der Waals surface area contributed by atoms with Crippen LogP contribution < -0.4 is 15.5 Å². The molecule has 0 saturated heterocycles. The van der Waals surface area contributed by atoms with Gasteiger partial charge in [-0.15, -0.1) is 0 Å². The minimum Gasteiger partial charge on any atom is -0.378 e. The highest BCUT2D eigenvalue weighted by Crippen LogP contribution is 2.12. The summed E-state index contributed by atoms with van der Waals surface area (Å²) in [5.74, 6) is 0.786. The van der Waals surface area contributed by atoms with E-state index in [4.69, 9.17) is 0 Å². The van der Waals surface area contributed by atoms with E-state index in [1.807, 2.05) is 32.7 Å². The molecule has 0 aliphatic carbocycles. The van der Waals surface area contributed by atoms with Gasteiger partial charge in [0.25, 0.3) is 0 Å². The predicted octanol–water partition coefficient (Wildman–Crippen LogP) is 1.97. The van der Waals surface area contributed by atoms with Crippen molar-refractivity contribution in [3.05, 3.63) is 46.8 Å². The van der Waals surface area contributed by atoms with Crippen molar-refractivity contribution in [2.24, 2.45) is 12.0 Å². The second kappa shape index (κ2) is 7.86. The Morgan fingerprint density at radius 1 is 1.12 bits per heavy atom. The molecule has 2 rings (SSSR count). The van der Waals surface area contributed by atoms with Gasteiger partial charge >= 0.3 is 0 Å². The number of benzene rings is 1. The molecule has 0 spiro atoms. The molecular formula is C18H28N6. The van der Waals surface area contributed by atoms with E-state index in [0.717, 1.165) is 18.2 Å². The highest BCUT2D eigenvalue weighted by atomic mass is 15.3. The summed E-state index contributed by atoms with van der Waals surface area (Å²) < 4.78 is 1.91. The summed E-state index contributed by atoms with van der Waals surface area (Å²) in [6, 6.07) is 8.50. The lowest BCUT2D eigenvalue weighted by Gasteiger charge is -2.14. The second-order valence-corrected chi connectivity index (χ2v) is 6.11. The molecule has 0 fully saturated rings. The first-order valence-corrected chi connectivity index (χ1v) is 8.12. The standard InChI is InChI=1S/C18H28N6/c1-13-17(14(2)24(6)22-13)12-21-18(19-3)20-11-15-7-9-16(10-8-15)23(4)5/h7-10H,11-12H2,1-6H3,(H2,19,20,21). The molecule has 0 atom stereocenters. The van der Waals surface area contributed by atoms with Crippen LogP contribution in [0.1, 0.15) is 22.5 Å². The van der Waals surface area contributed by atoms with Gasteiger partial charge in [0.15, 0.2) is 5.96 Å². The van der Waals surface area contributed by atoms with Crippen molar-refractivity contribution in [1.82, 2.24) is 20.4 Å². The molecule has 1 aromatic heterocycles. The average molecular weight is 328 g/mol. The normalized spacial score (nSPS) is 11.5. The van der Waals surface area contributed by atoms with Gasteiger partial charge in [-0.1, -0.05) is 12.1 Å². The van der Waals surface area contributed by atoms with Crippen molar-refractivity contribution in [3.8, 4) is 0 Å². The topological polar surface area (TPSA) is 57.5 Å². The van der Waals surface area contributed by atoms with Gasteiger partial charge in [0.1, 0.15) is 0 Å². The number of hydrogen-bond acceptors (Lipinski definition) is 3. The average Bonchev–Trinajstić information content (AvgIpc) is 2.81. The van der Waals surface area contributed by atoms with Crippen LogP contribution in [-0.2, 0) is 20.1 Å². The first kappa shape index (κ1) is 17.8. The van der Waals surface area contributed by atoms with Crippen LogP contribution in [0.5, 0.6) is 0 Å².